The molecule has 0 radical (unpaired) electrons. The van der Waals surface area contributed by atoms with E-state index in [0.717, 1.165) is 17.6 Å². The molecule has 1 unspecified atom stereocenters. The third kappa shape index (κ3) is 0.871. The Kier molecular flexibility index (Phi) is 1.32. The van der Waals surface area contributed by atoms with Gasteiger partial charge in [-0.15, -0.1) is 0 Å². The topological polar surface area (TPSA) is 29.4 Å². The van der Waals surface area contributed by atoms with Crippen LogP contribution in [0.25, 0.3) is 0 Å². The number of aliphatic imine (C=N–C) groups is 1. The Balaban J connectivity index is 0.000000720. The van der Waals surface area contributed by atoms with Crippen molar-refractivity contribution < 1.29 is 6.22 Å². The fraction of sp³-hybridized carbons (Fsp3) is 0.111. The molecule has 0 aromatic rings. The third-order valence-corrected chi connectivity index (χ3v) is 1.84. The van der Waals surface area contributed by atoms with Crippen molar-refractivity contribution in [2.45, 2.75) is 0 Å². The van der Waals surface area contributed by atoms with Crippen LogP contribution in [0.4, 0.5) is 0 Å². The van der Waals surface area contributed by atoms with Crippen molar-refractivity contribution in [2.24, 2.45) is 10.9 Å². The Bertz CT molecular complexity index is 312. The van der Waals surface area contributed by atoms with Crippen LogP contribution in [-0.2, 0) is 4.79 Å². The Labute approximate surface area is 66.1 Å². The highest BCUT2D eigenvalue weighted by Gasteiger charge is 2.18. The summed E-state index contributed by atoms with van der Waals surface area (Å²) >= 11 is 0. The van der Waals surface area contributed by atoms with Crippen molar-refractivity contribution in [2.75, 3.05) is 0 Å². The van der Waals surface area contributed by atoms with Gasteiger partial charge in [-0.2, -0.15) is 0 Å². The molecule has 1 atom stereocenters. The molecule has 0 fully saturated rings. The molecule has 1 aliphatic heterocycles. The number of rotatable bonds is 1. The first-order valence-electron chi connectivity index (χ1n) is 3.50. The van der Waals surface area contributed by atoms with Crippen molar-refractivity contribution in [3.63, 3.8) is 0 Å². The second-order valence-electron chi connectivity index (χ2n) is 2.50. The smallest absolute Gasteiger partial charge is 0.302 e. The van der Waals surface area contributed by atoms with E-state index < -0.39 is 0 Å². The van der Waals surface area contributed by atoms with Crippen LogP contribution in [0.1, 0.15) is 1.43 Å². The fourth-order valence-corrected chi connectivity index (χ4v) is 1.27. The van der Waals surface area contributed by atoms with Gasteiger partial charge in [-0.05, 0) is 17.7 Å². The first kappa shape index (κ1) is 6.28. The van der Waals surface area contributed by atoms with Gasteiger partial charge in [0.25, 0.3) is 0 Å². The van der Waals surface area contributed by atoms with Crippen LogP contribution in [0.3, 0.4) is 0 Å². The van der Waals surface area contributed by atoms with E-state index in [2.05, 4.69) is 4.99 Å². The second-order valence-corrected chi connectivity index (χ2v) is 2.50. The van der Waals surface area contributed by atoms with Crippen LogP contribution >= 0.6 is 0 Å². The molecule has 0 aromatic carbocycles. The summed E-state index contributed by atoms with van der Waals surface area (Å²) in [7, 11) is 0. The summed E-state index contributed by atoms with van der Waals surface area (Å²) in [4.78, 5) is 14.6. The van der Waals surface area contributed by atoms with Crippen LogP contribution in [0, 0.1) is 5.92 Å². The van der Waals surface area contributed by atoms with Crippen LogP contribution in [0.2, 0.25) is 0 Å². The van der Waals surface area contributed by atoms with Crippen molar-refractivity contribution in [1.29, 1.82) is 0 Å². The van der Waals surface area contributed by atoms with Gasteiger partial charge in [0.2, 0.25) is 0 Å². The number of hydrogen-bond acceptors (Lipinski definition) is 2. The minimum absolute atomic E-state index is 0. The van der Waals surface area contributed by atoms with E-state index in [-0.39, 0.29) is 7.34 Å². The van der Waals surface area contributed by atoms with Gasteiger partial charge in [0.15, 0.2) is 0 Å². The lowest BCUT2D eigenvalue weighted by atomic mass is 9.94. The van der Waals surface area contributed by atoms with Crippen LogP contribution in [0.5, 0.6) is 0 Å². The molecule has 1 heterocycles. The molecule has 2 nitrogen and oxygen atoms in total. The molecule has 0 aromatic heterocycles. The average Bonchev–Trinajstić information content (AvgIpc) is 2.50. The monoisotopic (exact) mass is 146 g/mol. The van der Waals surface area contributed by atoms with Gasteiger partial charge in [0, 0.05) is 6.21 Å². The normalized spacial score (nSPS) is 26.0. The van der Waals surface area contributed by atoms with E-state index in [4.69, 9.17) is 0 Å². The largest absolute Gasteiger partial charge is 1.00 e. The average molecular weight is 146 g/mol. The number of aldehydes is 1. The summed E-state index contributed by atoms with van der Waals surface area (Å²) in [6.07, 6.45) is 10.2. The number of hydrogen-bond donors (Lipinski definition) is 0. The molecule has 2 heteroatoms. The molecule has 11 heavy (non-hydrogen) atoms. The maximum absolute atomic E-state index is 10.5. The molecular weight excluding hydrogens is 138 g/mol. The Morgan fingerprint density at radius 3 is 3.27 bits per heavy atom. The predicted molar refractivity (Wildman–Crippen MR) is 44.5 cm³/mol. The Morgan fingerprint density at radius 2 is 2.45 bits per heavy atom. The first-order chi connectivity index (χ1) is 5.42. The van der Waals surface area contributed by atoms with E-state index in [0.29, 0.717) is 0 Å². The van der Waals surface area contributed by atoms with Crippen LogP contribution in [-0.4, -0.2) is 12.5 Å². The van der Waals surface area contributed by atoms with Gasteiger partial charge >= 0.3 is 1.43 Å². The standard InChI is InChI=1S/C9H7NO/c11-6-7-2-1-3-9-8(7)4-5-10-9/h1-7H/p+1. The summed E-state index contributed by atoms with van der Waals surface area (Å²) in [5, 5.41) is 0. The number of nitrogens with zero attached hydrogens (tertiary/aromatic N) is 1. The highest BCUT2D eigenvalue weighted by atomic mass is 16.1. The molecule has 0 amide bonds. The zero-order valence-electron chi connectivity index (χ0n) is 6.90. The SMILES string of the molecule is O=CC1C=CC=C2N=CC=C21.[H+]. The van der Waals surface area contributed by atoms with Gasteiger partial charge in [0.05, 0.1) is 11.6 Å². The van der Waals surface area contributed by atoms with Crippen molar-refractivity contribution in [1.82, 2.24) is 0 Å². The highest BCUT2D eigenvalue weighted by Crippen LogP contribution is 2.27. The quantitative estimate of drug-likeness (QED) is 0.514. The fourth-order valence-electron chi connectivity index (χ4n) is 1.27. The Hall–Kier alpha value is -1.44. The van der Waals surface area contributed by atoms with Gasteiger partial charge in [-0.3, -0.25) is 4.99 Å². The van der Waals surface area contributed by atoms with E-state index in [1.165, 1.54) is 0 Å². The molecule has 0 spiro atoms. The summed E-state index contributed by atoms with van der Waals surface area (Å²) in [5.41, 5.74) is 1.94. The molecule has 1 aliphatic carbocycles. The molecule has 2 rings (SSSR count). The number of carbonyl (C=O) groups is 1. The summed E-state index contributed by atoms with van der Waals surface area (Å²) in [6.45, 7) is 0. The first-order valence-corrected chi connectivity index (χ1v) is 3.50. The van der Waals surface area contributed by atoms with Crippen LogP contribution in [0.15, 0.2) is 40.6 Å². The number of allylic oxidation sites excluding steroid dienone is 5. The minimum Gasteiger partial charge on any atom is -0.302 e. The van der Waals surface area contributed by atoms with Crippen molar-refractivity contribution in [3.8, 4) is 0 Å². The van der Waals surface area contributed by atoms with Crippen molar-refractivity contribution >= 4 is 12.5 Å². The minimum atomic E-state index is -0.0856. The van der Waals surface area contributed by atoms with Gasteiger partial charge in [-0.25, -0.2) is 0 Å². The lowest BCUT2D eigenvalue weighted by molar-refractivity contribution is -0.109. The summed E-state index contributed by atoms with van der Waals surface area (Å²) in [5.74, 6) is -0.0856. The molecule has 2 aliphatic rings. The molecule has 54 valence electrons. The molecule has 0 saturated carbocycles. The van der Waals surface area contributed by atoms with Gasteiger partial charge in [0.1, 0.15) is 6.29 Å². The molecule has 0 N–H and O–H groups in total. The predicted octanol–water partition coefficient (Wildman–Crippen LogP) is 1.38. The van der Waals surface area contributed by atoms with Gasteiger partial charge < -0.3 is 4.79 Å². The second kappa shape index (κ2) is 2.31. The maximum Gasteiger partial charge on any atom is 1.00 e. The zero-order valence-corrected chi connectivity index (χ0v) is 5.90. The van der Waals surface area contributed by atoms with Crippen LogP contribution < -0.4 is 0 Å². The number of fused-ring (bicyclic) bond motifs is 1. The molecule has 0 saturated heterocycles. The van der Waals surface area contributed by atoms with E-state index >= 15 is 0 Å². The van der Waals surface area contributed by atoms with E-state index in [1.54, 1.807) is 6.21 Å². The maximum atomic E-state index is 10.5. The van der Waals surface area contributed by atoms with E-state index in [9.17, 15) is 4.79 Å². The summed E-state index contributed by atoms with van der Waals surface area (Å²) < 4.78 is 0. The van der Waals surface area contributed by atoms with E-state index in [1.807, 2.05) is 24.3 Å². The highest BCUT2D eigenvalue weighted by molar-refractivity contribution is 5.83. The molecular formula is C9H8NO+. The van der Waals surface area contributed by atoms with Gasteiger partial charge in [-0.1, -0.05) is 12.2 Å². The Morgan fingerprint density at radius 1 is 1.55 bits per heavy atom. The number of carbonyl (C=O) groups excluding carboxylic acids is 1. The lowest BCUT2D eigenvalue weighted by Crippen LogP contribution is -2.04. The molecule has 0 bridgehead atoms. The zero-order chi connectivity index (χ0) is 7.68. The summed E-state index contributed by atoms with van der Waals surface area (Å²) in [6, 6.07) is 0. The lowest BCUT2D eigenvalue weighted by Gasteiger charge is -2.10. The van der Waals surface area contributed by atoms with Crippen molar-refractivity contribution in [3.05, 3.63) is 35.6 Å². The third-order valence-electron chi connectivity index (χ3n) is 1.84.